The van der Waals surface area contributed by atoms with Crippen molar-refractivity contribution < 1.29 is 32.2 Å². The highest BCUT2D eigenvalue weighted by Gasteiger charge is 2.51. The molecule has 0 spiro atoms. The number of carbonyl (C=O) groups is 2. The molecule has 9 heteroatoms. The van der Waals surface area contributed by atoms with E-state index in [9.17, 15) is 22.8 Å². The summed E-state index contributed by atoms with van der Waals surface area (Å²) in [6.45, 7) is 8.19. The summed E-state index contributed by atoms with van der Waals surface area (Å²) in [5.74, 6) is 0. The molecular weight excluding hydrogens is 329 g/mol. The predicted molar refractivity (Wildman–Crippen MR) is 80.6 cm³/mol. The van der Waals surface area contributed by atoms with Gasteiger partial charge in [-0.3, -0.25) is 0 Å². The van der Waals surface area contributed by atoms with Crippen LogP contribution >= 0.6 is 0 Å². The minimum atomic E-state index is -4.65. The van der Waals surface area contributed by atoms with Crippen LogP contribution in [0.3, 0.4) is 0 Å². The van der Waals surface area contributed by atoms with Crippen molar-refractivity contribution in [2.75, 3.05) is 32.8 Å². The van der Waals surface area contributed by atoms with Crippen LogP contribution in [0.25, 0.3) is 0 Å². The highest BCUT2D eigenvalue weighted by Crippen LogP contribution is 2.33. The Morgan fingerprint density at radius 3 is 1.67 bits per heavy atom. The third-order valence-electron chi connectivity index (χ3n) is 3.45. The zero-order valence-electron chi connectivity index (χ0n) is 14.7. The SMILES string of the molecule is CC(C)(C)COC(=O)N1CCN(C(=O)OC(C)(C)C(F)(F)F)CC1. The third kappa shape index (κ3) is 5.76. The zero-order valence-corrected chi connectivity index (χ0v) is 14.7. The van der Waals surface area contributed by atoms with Gasteiger partial charge in [-0.2, -0.15) is 13.2 Å². The van der Waals surface area contributed by atoms with Gasteiger partial charge in [-0.25, -0.2) is 9.59 Å². The molecule has 1 saturated heterocycles. The summed E-state index contributed by atoms with van der Waals surface area (Å²) in [5, 5.41) is 0. The molecule has 0 unspecified atom stereocenters. The van der Waals surface area contributed by atoms with Gasteiger partial charge in [0, 0.05) is 26.2 Å². The predicted octanol–water partition coefficient (Wildman–Crippen LogP) is 3.26. The molecular formula is C15H25F3N2O4. The Morgan fingerprint density at radius 2 is 1.29 bits per heavy atom. The van der Waals surface area contributed by atoms with E-state index in [1.165, 1.54) is 4.90 Å². The van der Waals surface area contributed by atoms with Crippen LogP contribution in [0.15, 0.2) is 0 Å². The van der Waals surface area contributed by atoms with Gasteiger partial charge >= 0.3 is 18.4 Å². The Kier molecular flexibility index (Phi) is 6.00. The normalized spacial score (nSPS) is 16.8. The van der Waals surface area contributed by atoms with Gasteiger partial charge in [0.1, 0.15) is 0 Å². The van der Waals surface area contributed by atoms with Gasteiger partial charge in [-0.1, -0.05) is 20.8 Å². The fourth-order valence-electron chi connectivity index (χ4n) is 1.78. The van der Waals surface area contributed by atoms with E-state index in [0.717, 1.165) is 18.7 Å². The third-order valence-corrected chi connectivity index (χ3v) is 3.45. The molecule has 0 radical (unpaired) electrons. The van der Waals surface area contributed by atoms with Crippen molar-refractivity contribution in [3.8, 4) is 0 Å². The van der Waals surface area contributed by atoms with Crippen LogP contribution in [-0.2, 0) is 9.47 Å². The number of halogens is 3. The van der Waals surface area contributed by atoms with Crippen molar-refractivity contribution in [2.45, 2.75) is 46.4 Å². The number of hydrogen-bond acceptors (Lipinski definition) is 4. The summed E-state index contributed by atoms with van der Waals surface area (Å²) < 4.78 is 48.0. The van der Waals surface area contributed by atoms with Crippen LogP contribution in [0.1, 0.15) is 34.6 Å². The number of amides is 2. The maximum atomic E-state index is 12.7. The molecule has 0 aromatic carbocycles. The standard InChI is InChI=1S/C15H25F3N2O4/c1-13(2,3)10-23-11(21)19-6-8-20(9-7-19)12(22)24-14(4,5)15(16,17)18/h6-10H2,1-5H3. The molecule has 140 valence electrons. The molecule has 1 aliphatic rings. The molecule has 0 atom stereocenters. The Labute approximate surface area is 139 Å². The fraction of sp³-hybridized carbons (Fsp3) is 0.867. The van der Waals surface area contributed by atoms with Gasteiger partial charge < -0.3 is 19.3 Å². The van der Waals surface area contributed by atoms with E-state index in [1.807, 2.05) is 20.8 Å². The zero-order chi connectivity index (χ0) is 18.8. The largest absolute Gasteiger partial charge is 0.449 e. The van der Waals surface area contributed by atoms with Gasteiger partial charge in [0.2, 0.25) is 5.60 Å². The monoisotopic (exact) mass is 354 g/mol. The van der Waals surface area contributed by atoms with Gasteiger partial charge in [0.05, 0.1) is 6.61 Å². The molecule has 1 heterocycles. The van der Waals surface area contributed by atoms with Crippen molar-refractivity contribution in [1.82, 2.24) is 9.80 Å². The Morgan fingerprint density at radius 1 is 0.875 bits per heavy atom. The number of alkyl halides is 3. The lowest BCUT2D eigenvalue weighted by Gasteiger charge is -2.36. The maximum Gasteiger partial charge on any atom is 0.427 e. The molecule has 0 aromatic heterocycles. The first-order chi connectivity index (χ1) is 10.7. The second-order valence-electron chi connectivity index (χ2n) is 7.47. The van der Waals surface area contributed by atoms with Crippen molar-refractivity contribution >= 4 is 12.2 Å². The summed E-state index contributed by atoms with van der Waals surface area (Å²) in [7, 11) is 0. The smallest absolute Gasteiger partial charge is 0.427 e. The van der Waals surface area contributed by atoms with E-state index in [0.29, 0.717) is 0 Å². The van der Waals surface area contributed by atoms with E-state index in [2.05, 4.69) is 4.74 Å². The van der Waals surface area contributed by atoms with Gasteiger partial charge in [0.15, 0.2) is 0 Å². The van der Waals surface area contributed by atoms with Crippen LogP contribution < -0.4 is 0 Å². The molecule has 0 saturated carbocycles. The summed E-state index contributed by atoms with van der Waals surface area (Å²) >= 11 is 0. The lowest BCUT2D eigenvalue weighted by molar-refractivity contribution is -0.246. The summed E-state index contributed by atoms with van der Waals surface area (Å²) in [5.41, 5.74) is -2.72. The molecule has 1 rings (SSSR count). The van der Waals surface area contributed by atoms with Crippen LogP contribution in [-0.4, -0.2) is 66.5 Å². The molecule has 24 heavy (non-hydrogen) atoms. The Hall–Kier alpha value is -1.67. The highest BCUT2D eigenvalue weighted by atomic mass is 19.4. The molecule has 0 N–H and O–H groups in total. The first-order valence-corrected chi connectivity index (χ1v) is 7.69. The molecule has 6 nitrogen and oxygen atoms in total. The number of piperazine rings is 1. The first kappa shape index (κ1) is 20.4. The number of rotatable bonds is 2. The molecule has 0 aliphatic carbocycles. The van der Waals surface area contributed by atoms with Crippen molar-refractivity contribution in [1.29, 1.82) is 0 Å². The quantitative estimate of drug-likeness (QED) is 0.764. The summed E-state index contributed by atoms with van der Waals surface area (Å²) in [6, 6.07) is 0. The highest BCUT2D eigenvalue weighted by molar-refractivity contribution is 5.70. The maximum absolute atomic E-state index is 12.7. The van der Waals surface area contributed by atoms with E-state index in [4.69, 9.17) is 4.74 Å². The van der Waals surface area contributed by atoms with Crippen molar-refractivity contribution in [2.24, 2.45) is 5.41 Å². The van der Waals surface area contributed by atoms with E-state index >= 15 is 0 Å². The van der Waals surface area contributed by atoms with Crippen molar-refractivity contribution in [3.63, 3.8) is 0 Å². The number of ether oxygens (including phenoxy) is 2. The number of hydrogen-bond donors (Lipinski definition) is 0. The molecule has 0 bridgehead atoms. The van der Waals surface area contributed by atoms with Crippen LogP contribution in [0.4, 0.5) is 22.8 Å². The lowest BCUT2D eigenvalue weighted by Crippen LogP contribution is -2.53. The van der Waals surface area contributed by atoms with Gasteiger partial charge in [0.25, 0.3) is 0 Å². The van der Waals surface area contributed by atoms with Gasteiger partial charge in [-0.05, 0) is 19.3 Å². The van der Waals surface area contributed by atoms with E-state index in [1.54, 1.807) is 0 Å². The molecule has 2 amide bonds. The minimum Gasteiger partial charge on any atom is -0.449 e. The minimum absolute atomic E-state index is 0.0946. The second kappa shape index (κ2) is 7.06. The number of carbonyl (C=O) groups excluding carboxylic acids is 2. The Balaban J connectivity index is 2.48. The van der Waals surface area contributed by atoms with Gasteiger partial charge in [-0.15, -0.1) is 0 Å². The summed E-state index contributed by atoms with van der Waals surface area (Å²) in [4.78, 5) is 26.3. The lowest BCUT2D eigenvalue weighted by atomic mass is 9.99. The van der Waals surface area contributed by atoms with E-state index in [-0.39, 0.29) is 38.2 Å². The van der Waals surface area contributed by atoms with Crippen LogP contribution in [0.5, 0.6) is 0 Å². The summed E-state index contributed by atoms with van der Waals surface area (Å²) in [6.07, 6.45) is -6.19. The van der Waals surface area contributed by atoms with E-state index < -0.39 is 24.0 Å². The average molecular weight is 354 g/mol. The first-order valence-electron chi connectivity index (χ1n) is 7.69. The number of nitrogens with zero attached hydrogens (tertiary/aromatic N) is 2. The molecule has 1 fully saturated rings. The molecule has 1 aliphatic heterocycles. The topological polar surface area (TPSA) is 59.1 Å². The van der Waals surface area contributed by atoms with Crippen molar-refractivity contribution in [3.05, 3.63) is 0 Å². The Bertz CT molecular complexity index is 464. The van der Waals surface area contributed by atoms with Crippen LogP contribution in [0, 0.1) is 5.41 Å². The fourth-order valence-corrected chi connectivity index (χ4v) is 1.78. The second-order valence-corrected chi connectivity index (χ2v) is 7.47. The van der Waals surface area contributed by atoms with Crippen LogP contribution in [0.2, 0.25) is 0 Å². The molecule has 0 aromatic rings. The average Bonchev–Trinajstić information content (AvgIpc) is 2.42.